The number of fused-ring (bicyclic) bond motifs is 1. The van der Waals surface area contributed by atoms with Gasteiger partial charge in [0.1, 0.15) is 5.52 Å². The van der Waals surface area contributed by atoms with Crippen molar-refractivity contribution in [2.24, 2.45) is 7.05 Å². The van der Waals surface area contributed by atoms with Crippen molar-refractivity contribution in [2.45, 2.75) is 19.3 Å². The molecule has 126 valence electrons. The highest BCUT2D eigenvalue weighted by atomic mass is 16.5. The maximum absolute atomic E-state index is 12.6. The van der Waals surface area contributed by atoms with Gasteiger partial charge in [-0.2, -0.15) is 5.10 Å². The number of ether oxygens (including phenoxy) is 1. The number of rotatable bonds is 5. The molecule has 0 saturated carbocycles. The van der Waals surface area contributed by atoms with E-state index in [2.05, 4.69) is 34.2 Å². The van der Waals surface area contributed by atoms with Crippen LogP contribution in [-0.4, -0.2) is 39.3 Å². The van der Waals surface area contributed by atoms with Crippen LogP contribution in [0.3, 0.4) is 0 Å². The smallest absolute Gasteiger partial charge is 0.253 e. The van der Waals surface area contributed by atoms with Crippen molar-refractivity contribution in [3.8, 4) is 5.88 Å². The minimum Gasteiger partial charge on any atom is -0.479 e. The molecule has 0 aliphatic heterocycles. The lowest BCUT2D eigenvalue weighted by atomic mass is 9.89. The van der Waals surface area contributed by atoms with Gasteiger partial charge in [0, 0.05) is 43.0 Å². The van der Waals surface area contributed by atoms with E-state index in [-0.39, 0.29) is 11.3 Å². The van der Waals surface area contributed by atoms with Crippen molar-refractivity contribution < 1.29 is 9.53 Å². The Morgan fingerprint density at radius 1 is 1.42 bits per heavy atom. The molecule has 24 heavy (non-hydrogen) atoms. The van der Waals surface area contributed by atoms with Gasteiger partial charge in [-0.05, 0) is 12.1 Å². The van der Waals surface area contributed by atoms with Crippen molar-refractivity contribution in [2.75, 3.05) is 13.7 Å². The molecule has 0 saturated heterocycles. The van der Waals surface area contributed by atoms with Crippen molar-refractivity contribution in [1.82, 2.24) is 25.1 Å². The van der Waals surface area contributed by atoms with Gasteiger partial charge in [-0.15, -0.1) is 0 Å². The molecule has 3 heterocycles. The topological polar surface area (TPSA) is 84.8 Å². The fraction of sp³-hybridized carbons (Fsp3) is 0.353. The third-order valence-corrected chi connectivity index (χ3v) is 4.10. The second kappa shape index (κ2) is 5.99. The van der Waals surface area contributed by atoms with E-state index >= 15 is 0 Å². The predicted octanol–water partition coefficient (Wildman–Crippen LogP) is 2.01. The van der Waals surface area contributed by atoms with Crippen molar-refractivity contribution >= 4 is 16.8 Å². The summed E-state index contributed by atoms with van der Waals surface area (Å²) in [4.78, 5) is 19.8. The average Bonchev–Trinajstić information content (AvgIpc) is 3.19. The summed E-state index contributed by atoms with van der Waals surface area (Å²) in [7, 11) is 3.43. The van der Waals surface area contributed by atoms with E-state index in [4.69, 9.17) is 4.74 Å². The molecule has 0 bridgehead atoms. The van der Waals surface area contributed by atoms with Crippen LogP contribution in [0.1, 0.15) is 29.9 Å². The summed E-state index contributed by atoms with van der Waals surface area (Å²) in [5, 5.41) is 8.21. The lowest BCUT2D eigenvalue weighted by molar-refractivity contribution is 0.0947. The van der Waals surface area contributed by atoms with E-state index in [1.807, 2.05) is 19.3 Å². The molecule has 3 aromatic heterocycles. The Hall–Kier alpha value is -2.83. The van der Waals surface area contributed by atoms with Gasteiger partial charge < -0.3 is 15.0 Å². The Balaban J connectivity index is 1.78. The molecule has 3 aromatic rings. The lowest BCUT2D eigenvalue weighted by Gasteiger charge is -2.22. The third kappa shape index (κ3) is 2.84. The molecule has 0 radical (unpaired) electrons. The predicted molar refractivity (Wildman–Crippen MR) is 91.2 cm³/mol. The Kier molecular flexibility index (Phi) is 4.01. The highest BCUT2D eigenvalue weighted by molar-refractivity contribution is 6.07. The van der Waals surface area contributed by atoms with E-state index in [1.165, 1.54) is 0 Å². The molecule has 0 aliphatic rings. The first-order chi connectivity index (χ1) is 11.4. The quantitative estimate of drug-likeness (QED) is 0.751. The first kappa shape index (κ1) is 16.0. The summed E-state index contributed by atoms with van der Waals surface area (Å²) in [6.45, 7) is 4.59. The van der Waals surface area contributed by atoms with Crippen LogP contribution in [0.25, 0.3) is 10.9 Å². The Bertz CT molecular complexity index is 878. The molecule has 0 aliphatic carbocycles. The van der Waals surface area contributed by atoms with E-state index in [9.17, 15) is 4.79 Å². The van der Waals surface area contributed by atoms with Gasteiger partial charge in [-0.1, -0.05) is 13.8 Å². The lowest BCUT2D eigenvalue weighted by Crippen LogP contribution is -2.37. The number of nitrogens with one attached hydrogen (secondary N) is 2. The number of hydrogen-bond acceptors (Lipinski definition) is 4. The molecule has 7 nitrogen and oxygen atoms in total. The van der Waals surface area contributed by atoms with Gasteiger partial charge in [-0.3, -0.25) is 9.48 Å². The first-order valence-electron chi connectivity index (χ1n) is 7.71. The monoisotopic (exact) mass is 327 g/mol. The zero-order valence-corrected chi connectivity index (χ0v) is 14.3. The summed E-state index contributed by atoms with van der Waals surface area (Å²) in [5.74, 6) is 0.332. The summed E-state index contributed by atoms with van der Waals surface area (Å²) in [6.07, 6.45) is 5.21. The number of amides is 1. The minimum absolute atomic E-state index is 0.140. The van der Waals surface area contributed by atoms with Crippen molar-refractivity contribution in [3.05, 3.63) is 42.0 Å². The van der Waals surface area contributed by atoms with Gasteiger partial charge in [0.05, 0.1) is 18.4 Å². The van der Waals surface area contributed by atoms with Gasteiger partial charge in [0.25, 0.3) is 5.91 Å². The normalized spacial score (nSPS) is 11.7. The van der Waals surface area contributed by atoms with Crippen LogP contribution in [0, 0.1) is 0 Å². The molecule has 7 heteroatoms. The molecule has 0 fully saturated rings. The third-order valence-electron chi connectivity index (χ3n) is 4.10. The highest BCUT2D eigenvalue weighted by Crippen LogP contribution is 2.25. The van der Waals surface area contributed by atoms with E-state index in [0.29, 0.717) is 23.5 Å². The van der Waals surface area contributed by atoms with E-state index in [0.717, 1.165) is 11.1 Å². The maximum atomic E-state index is 12.6. The Morgan fingerprint density at radius 2 is 2.21 bits per heavy atom. The molecule has 3 rings (SSSR count). The van der Waals surface area contributed by atoms with Crippen LogP contribution in [0.2, 0.25) is 0 Å². The summed E-state index contributed by atoms with van der Waals surface area (Å²) < 4.78 is 6.97. The Labute approximate surface area is 140 Å². The highest BCUT2D eigenvalue weighted by Gasteiger charge is 2.25. The number of H-pyrrole nitrogens is 1. The molecule has 1 amide bonds. The molecule has 0 atom stereocenters. The fourth-order valence-electron chi connectivity index (χ4n) is 2.63. The molecule has 0 unspecified atom stereocenters. The average molecular weight is 327 g/mol. The fourth-order valence-corrected chi connectivity index (χ4v) is 2.63. The maximum Gasteiger partial charge on any atom is 0.253 e. The molecule has 0 spiro atoms. The summed E-state index contributed by atoms with van der Waals surface area (Å²) in [6, 6.07) is 3.77. The first-order valence-corrected chi connectivity index (χ1v) is 7.71. The number of aromatic nitrogens is 4. The van der Waals surface area contributed by atoms with E-state index in [1.54, 1.807) is 30.3 Å². The van der Waals surface area contributed by atoms with Crippen LogP contribution < -0.4 is 10.1 Å². The van der Waals surface area contributed by atoms with Crippen LogP contribution >= 0.6 is 0 Å². The number of methoxy groups -OCH3 is 1. The number of nitrogens with zero attached hydrogens (tertiary/aromatic N) is 3. The second-order valence-electron chi connectivity index (χ2n) is 6.39. The van der Waals surface area contributed by atoms with Crippen LogP contribution in [-0.2, 0) is 12.5 Å². The minimum atomic E-state index is -0.262. The number of aromatic amines is 1. The van der Waals surface area contributed by atoms with E-state index < -0.39 is 0 Å². The molecule has 0 aromatic carbocycles. The van der Waals surface area contributed by atoms with Gasteiger partial charge in [0.15, 0.2) is 0 Å². The number of carbonyl (C=O) groups is 1. The van der Waals surface area contributed by atoms with Crippen LogP contribution in [0.4, 0.5) is 0 Å². The van der Waals surface area contributed by atoms with Gasteiger partial charge >= 0.3 is 0 Å². The SMILES string of the molecule is COc1nccc2c(C(=O)NCC(C)(C)c3ccn(C)n3)c[nH]c12. The standard InChI is InChI=1S/C17H21N5O2/c1-17(2,13-6-8-22(3)21-13)10-20-15(23)12-9-19-14-11(12)5-7-18-16(14)24-4/h5-9,19H,10H2,1-4H3,(H,20,23). The van der Waals surface area contributed by atoms with Crippen LogP contribution in [0.5, 0.6) is 5.88 Å². The number of aryl methyl sites for hydroxylation is 1. The summed E-state index contributed by atoms with van der Waals surface area (Å²) >= 11 is 0. The molecular weight excluding hydrogens is 306 g/mol. The zero-order valence-electron chi connectivity index (χ0n) is 14.3. The van der Waals surface area contributed by atoms with Crippen LogP contribution in [0.15, 0.2) is 30.7 Å². The van der Waals surface area contributed by atoms with Crippen molar-refractivity contribution in [1.29, 1.82) is 0 Å². The largest absolute Gasteiger partial charge is 0.479 e. The molecule has 2 N–H and O–H groups in total. The number of carbonyl (C=O) groups excluding carboxylic acids is 1. The van der Waals surface area contributed by atoms with Gasteiger partial charge in [-0.25, -0.2) is 4.98 Å². The number of pyridine rings is 1. The molecular formula is C17H21N5O2. The van der Waals surface area contributed by atoms with Crippen molar-refractivity contribution in [3.63, 3.8) is 0 Å². The summed E-state index contributed by atoms with van der Waals surface area (Å²) in [5.41, 5.74) is 1.97. The van der Waals surface area contributed by atoms with Gasteiger partial charge in [0.2, 0.25) is 5.88 Å². The zero-order chi connectivity index (χ0) is 17.3. The Morgan fingerprint density at radius 3 is 2.88 bits per heavy atom. The number of hydrogen-bond donors (Lipinski definition) is 2. The second-order valence-corrected chi connectivity index (χ2v) is 6.39.